The van der Waals surface area contributed by atoms with E-state index in [2.05, 4.69) is 0 Å². The summed E-state index contributed by atoms with van der Waals surface area (Å²) in [5.74, 6) is 4.05. The molecule has 0 spiro atoms. The zero-order valence-electron chi connectivity index (χ0n) is 10.4. The lowest BCUT2D eigenvalue weighted by Gasteiger charge is -2.26. The van der Waals surface area contributed by atoms with Crippen LogP contribution in [0.3, 0.4) is 0 Å². The van der Waals surface area contributed by atoms with Gasteiger partial charge >= 0.3 is 0 Å². The Balaban J connectivity index is 1.53. The average Bonchev–Trinajstić information content (AvgIpc) is 2.80. The Bertz CT molecular complexity index is 238. The van der Waals surface area contributed by atoms with Gasteiger partial charge in [0.15, 0.2) is 0 Å². The first-order valence-electron chi connectivity index (χ1n) is 7.49. The highest BCUT2D eigenvalue weighted by molar-refractivity contribution is 4.91. The topological polar surface area (TPSA) is 20.2 Å². The van der Waals surface area contributed by atoms with Gasteiger partial charge in [-0.05, 0) is 62.2 Å². The molecule has 1 N–H and O–H groups in total. The van der Waals surface area contributed by atoms with Gasteiger partial charge in [-0.25, -0.2) is 0 Å². The number of hydrogen-bond acceptors (Lipinski definition) is 1. The van der Waals surface area contributed by atoms with E-state index in [0.717, 1.165) is 36.5 Å². The zero-order chi connectivity index (χ0) is 11.0. The molecule has 16 heavy (non-hydrogen) atoms. The maximum atomic E-state index is 9.87. The second kappa shape index (κ2) is 4.68. The van der Waals surface area contributed by atoms with E-state index in [1.807, 2.05) is 0 Å². The van der Waals surface area contributed by atoms with Crippen LogP contribution in [0.15, 0.2) is 0 Å². The Morgan fingerprint density at radius 2 is 1.75 bits per heavy atom. The molecule has 3 saturated carbocycles. The zero-order valence-corrected chi connectivity index (χ0v) is 10.4. The van der Waals surface area contributed by atoms with Crippen molar-refractivity contribution in [3.8, 4) is 0 Å². The minimum Gasteiger partial charge on any atom is -0.393 e. The monoisotopic (exact) mass is 222 g/mol. The van der Waals surface area contributed by atoms with Crippen molar-refractivity contribution in [1.29, 1.82) is 0 Å². The van der Waals surface area contributed by atoms with Crippen molar-refractivity contribution in [2.75, 3.05) is 0 Å². The molecule has 0 aromatic carbocycles. The Labute approximate surface area is 99.6 Å². The van der Waals surface area contributed by atoms with Crippen LogP contribution in [-0.2, 0) is 0 Å². The molecule has 3 aliphatic rings. The van der Waals surface area contributed by atoms with E-state index in [4.69, 9.17) is 0 Å². The number of fused-ring (bicyclic) bond motifs is 2. The number of hydrogen-bond donors (Lipinski definition) is 1. The van der Waals surface area contributed by atoms with Gasteiger partial charge in [0.1, 0.15) is 0 Å². The molecule has 3 aliphatic carbocycles. The second-order valence-electron chi connectivity index (χ2n) is 6.71. The summed E-state index contributed by atoms with van der Waals surface area (Å²) in [4.78, 5) is 0. The maximum absolute atomic E-state index is 9.87. The molecule has 5 unspecified atom stereocenters. The molecule has 0 amide bonds. The smallest absolute Gasteiger partial charge is 0.0542 e. The van der Waals surface area contributed by atoms with Crippen LogP contribution in [0.25, 0.3) is 0 Å². The van der Waals surface area contributed by atoms with Crippen LogP contribution in [0.4, 0.5) is 0 Å². The number of rotatable bonds is 2. The van der Waals surface area contributed by atoms with Gasteiger partial charge in [0.2, 0.25) is 0 Å². The van der Waals surface area contributed by atoms with E-state index in [1.165, 1.54) is 44.9 Å². The Morgan fingerprint density at radius 3 is 2.50 bits per heavy atom. The molecule has 0 radical (unpaired) electrons. The molecule has 0 aromatic rings. The van der Waals surface area contributed by atoms with Gasteiger partial charge in [0.05, 0.1) is 6.10 Å². The summed E-state index contributed by atoms with van der Waals surface area (Å²) >= 11 is 0. The summed E-state index contributed by atoms with van der Waals surface area (Å²) < 4.78 is 0. The van der Waals surface area contributed by atoms with Crippen LogP contribution in [-0.4, -0.2) is 11.2 Å². The van der Waals surface area contributed by atoms with E-state index >= 15 is 0 Å². The van der Waals surface area contributed by atoms with Gasteiger partial charge in [0, 0.05) is 0 Å². The summed E-state index contributed by atoms with van der Waals surface area (Å²) in [6, 6.07) is 0. The minimum absolute atomic E-state index is 0.0195. The standard InChI is InChI=1S/C15H26O/c16-15-4-2-1-3-11(10-15)8-14-9-12-5-6-13(14)7-12/h11-16H,1-10H2. The van der Waals surface area contributed by atoms with Gasteiger partial charge in [-0.2, -0.15) is 0 Å². The van der Waals surface area contributed by atoms with Crippen LogP contribution in [0.2, 0.25) is 0 Å². The summed E-state index contributed by atoms with van der Waals surface area (Å²) in [5.41, 5.74) is 0. The summed E-state index contributed by atoms with van der Waals surface area (Å²) in [6.07, 6.45) is 13.8. The van der Waals surface area contributed by atoms with Crippen LogP contribution in [0, 0.1) is 23.7 Å². The van der Waals surface area contributed by atoms with Crippen molar-refractivity contribution in [1.82, 2.24) is 0 Å². The van der Waals surface area contributed by atoms with Crippen molar-refractivity contribution >= 4 is 0 Å². The van der Waals surface area contributed by atoms with Crippen LogP contribution >= 0.6 is 0 Å². The predicted molar refractivity (Wildman–Crippen MR) is 66.1 cm³/mol. The summed E-state index contributed by atoms with van der Waals surface area (Å²) in [6.45, 7) is 0. The normalized spacial score (nSPS) is 48.2. The largest absolute Gasteiger partial charge is 0.393 e. The van der Waals surface area contributed by atoms with Gasteiger partial charge < -0.3 is 5.11 Å². The fourth-order valence-corrected chi connectivity index (χ4v) is 4.74. The van der Waals surface area contributed by atoms with Crippen LogP contribution < -0.4 is 0 Å². The van der Waals surface area contributed by atoms with Gasteiger partial charge in [-0.3, -0.25) is 0 Å². The van der Waals surface area contributed by atoms with Gasteiger partial charge in [0.25, 0.3) is 0 Å². The SMILES string of the molecule is OC1CCCCC(CC2CC3CCC2C3)C1. The predicted octanol–water partition coefficient (Wildman–Crippen LogP) is 3.75. The fourth-order valence-electron chi connectivity index (χ4n) is 4.74. The van der Waals surface area contributed by atoms with Crippen LogP contribution in [0.5, 0.6) is 0 Å². The highest BCUT2D eigenvalue weighted by Crippen LogP contribution is 2.51. The van der Waals surface area contributed by atoms with Crippen molar-refractivity contribution in [3.63, 3.8) is 0 Å². The lowest BCUT2D eigenvalue weighted by Crippen LogP contribution is -2.18. The molecular weight excluding hydrogens is 196 g/mol. The Hall–Kier alpha value is -0.0400. The van der Waals surface area contributed by atoms with E-state index in [-0.39, 0.29) is 6.10 Å². The Kier molecular flexibility index (Phi) is 3.24. The third kappa shape index (κ3) is 2.30. The molecule has 0 saturated heterocycles. The highest BCUT2D eigenvalue weighted by Gasteiger charge is 2.40. The highest BCUT2D eigenvalue weighted by atomic mass is 16.3. The van der Waals surface area contributed by atoms with Crippen molar-refractivity contribution in [2.24, 2.45) is 23.7 Å². The molecule has 3 fully saturated rings. The summed E-state index contributed by atoms with van der Waals surface area (Å²) in [7, 11) is 0. The first-order chi connectivity index (χ1) is 7.81. The van der Waals surface area contributed by atoms with Gasteiger partial charge in [-0.1, -0.05) is 25.7 Å². The molecule has 1 heteroatoms. The maximum Gasteiger partial charge on any atom is 0.0542 e. The lowest BCUT2D eigenvalue weighted by molar-refractivity contribution is 0.130. The molecule has 2 bridgehead atoms. The summed E-state index contributed by atoms with van der Waals surface area (Å²) in [5, 5.41) is 9.87. The van der Waals surface area contributed by atoms with E-state index < -0.39 is 0 Å². The Morgan fingerprint density at radius 1 is 0.875 bits per heavy atom. The molecule has 0 aromatic heterocycles. The van der Waals surface area contributed by atoms with E-state index in [0.29, 0.717) is 0 Å². The molecule has 5 atom stereocenters. The molecule has 0 heterocycles. The van der Waals surface area contributed by atoms with Crippen molar-refractivity contribution in [3.05, 3.63) is 0 Å². The van der Waals surface area contributed by atoms with Crippen molar-refractivity contribution in [2.45, 2.75) is 70.3 Å². The third-order valence-corrected chi connectivity index (χ3v) is 5.53. The lowest BCUT2D eigenvalue weighted by atomic mass is 9.80. The van der Waals surface area contributed by atoms with E-state index in [9.17, 15) is 5.11 Å². The molecule has 92 valence electrons. The fraction of sp³-hybridized carbons (Fsp3) is 1.00. The second-order valence-corrected chi connectivity index (χ2v) is 6.71. The first-order valence-corrected chi connectivity index (χ1v) is 7.49. The first kappa shape index (κ1) is 11.1. The molecule has 0 aliphatic heterocycles. The number of aliphatic hydroxyl groups is 1. The molecule has 1 nitrogen and oxygen atoms in total. The van der Waals surface area contributed by atoms with Gasteiger partial charge in [-0.15, -0.1) is 0 Å². The van der Waals surface area contributed by atoms with Crippen LogP contribution in [0.1, 0.15) is 64.2 Å². The minimum atomic E-state index is 0.0195. The average molecular weight is 222 g/mol. The number of aliphatic hydroxyl groups excluding tert-OH is 1. The van der Waals surface area contributed by atoms with E-state index in [1.54, 1.807) is 6.42 Å². The molecular formula is C15H26O. The third-order valence-electron chi connectivity index (χ3n) is 5.53. The quantitative estimate of drug-likeness (QED) is 0.705. The molecule has 3 rings (SSSR count). The van der Waals surface area contributed by atoms with Crippen molar-refractivity contribution < 1.29 is 5.11 Å².